The summed E-state index contributed by atoms with van der Waals surface area (Å²) in [6, 6.07) is 0. The maximum absolute atomic E-state index is 2.41. The van der Waals surface area contributed by atoms with Crippen LogP contribution >= 0.6 is 0 Å². The van der Waals surface area contributed by atoms with E-state index in [9.17, 15) is 0 Å². The van der Waals surface area contributed by atoms with E-state index < -0.39 is 0 Å². The minimum atomic E-state index is 0. The van der Waals surface area contributed by atoms with Crippen molar-refractivity contribution >= 4 is 0 Å². The molecule has 10 heavy (non-hydrogen) atoms. The van der Waals surface area contributed by atoms with Crippen LogP contribution in [-0.4, -0.2) is 31.2 Å². The average molecular weight is 149 g/mol. The number of nitrogens with zero attached hydrogens (tertiary/aromatic N) is 1. The van der Waals surface area contributed by atoms with Gasteiger partial charge in [-0.2, -0.15) is 0 Å². The quantitative estimate of drug-likeness (QED) is 0.283. The van der Waals surface area contributed by atoms with Crippen LogP contribution in [0, 0.1) is 5.92 Å². The zero-order chi connectivity index (χ0) is 6.32. The van der Waals surface area contributed by atoms with Gasteiger partial charge in [0.05, 0.1) is 26.7 Å². The molecular weight excluding hydrogens is 133 g/mol. The van der Waals surface area contributed by atoms with Crippen molar-refractivity contribution in [2.45, 2.75) is 19.3 Å². The van der Waals surface area contributed by atoms with Crippen LogP contribution in [0.4, 0.5) is 0 Å². The third-order valence-electron chi connectivity index (χ3n) is 3.23. The smallest absolute Gasteiger partial charge is 0.326 e. The molecule has 3 rings (SSSR count). The Balaban J connectivity index is 0.000000500. The van der Waals surface area contributed by atoms with E-state index in [4.69, 9.17) is 0 Å². The van der Waals surface area contributed by atoms with Crippen LogP contribution in [0.1, 0.15) is 19.3 Å². The van der Waals surface area contributed by atoms with Crippen molar-refractivity contribution in [1.29, 1.82) is 0 Å². The molecule has 52 valence electrons. The van der Waals surface area contributed by atoms with Crippen molar-refractivity contribution in [3.8, 4) is 0 Å². The van der Waals surface area contributed by atoms with E-state index in [2.05, 4.69) is 7.05 Å². The molecule has 3 aliphatic heterocycles. The van der Waals surface area contributed by atoms with Crippen molar-refractivity contribution in [1.82, 2.24) is 0 Å². The van der Waals surface area contributed by atoms with Gasteiger partial charge in [-0.15, -0.1) is 0 Å². The first kappa shape index (κ1) is 9.05. The summed E-state index contributed by atoms with van der Waals surface area (Å²) in [5.74, 6) is 1.12. The predicted octanol–water partition coefficient (Wildman–Crippen LogP) is -1.75. The Morgan fingerprint density at radius 3 is 1.60 bits per heavy atom. The molecule has 3 saturated heterocycles. The molecule has 0 amide bonds. The summed E-state index contributed by atoms with van der Waals surface area (Å²) in [6.07, 6.45) is 4.53. The first-order valence-electron chi connectivity index (χ1n) is 4.12. The molecule has 0 atom stereocenters. The van der Waals surface area contributed by atoms with Gasteiger partial charge in [-0.05, 0) is 25.2 Å². The third-order valence-corrected chi connectivity index (χ3v) is 3.23. The van der Waals surface area contributed by atoms with E-state index in [1.165, 1.54) is 43.4 Å². The standard InChI is InChI=1S/C8H16N.Na/c1-9-5-2-8(3-6-9)4-7-9;/h8H,2-7H2,1H3;/q2*+1. The zero-order valence-corrected chi connectivity index (χ0v) is 9.27. The molecule has 0 unspecified atom stereocenters. The molecule has 0 aromatic carbocycles. The van der Waals surface area contributed by atoms with Crippen molar-refractivity contribution in [2.75, 3.05) is 26.7 Å². The number of rotatable bonds is 0. The van der Waals surface area contributed by atoms with E-state index in [0.29, 0.717) is 0 Å². The molecular formula is C8H16NNa+2. The van der Waals surface area contributed by atoms with E-state index in [1.807, 2.05) is 0 Å². The molecule has 0 radical (unpaired) electrons. The summed E-state index contributed by atoms with van der Waals surface area (Å²) in [4.78, 5) is 0. The Morgan fingerprint density at radius 2 is 1.40 bits per heavy atom. The maximum Gasteiger partial charge on any atom is 1.00 e. The molecule has 0 spiro atoms. The molecule has 2 bridgehead atoms. The molecule has 0 aromatic heterocycles. The first-order valence-corrected chi connectivity index (χ1v) is 4.12. The predicted molar refractivity (Wildman–Crippen MR) is 38.1 cm³/mol. The Hall–Kier alpha value is 0.960. The van der Waals surface area contributed by atoms with Gasteiger partial charge in [0.15, 0.2) is 0 Å². The van der Waals surface area contributed by atoms with Gasteiger partial charge in [0.25, 0.3) is 0 Å². The van der Waals surface area contributed by atoms with E-state index in [0.717, 1.165) is 5.92 Å². The van der Waals surface area contributed by atoms with Gasteiger partial charge in [-0.1, -0.05) is 0 Å². The van der Waals surface area contributed by atoms with Crippen molar-refractivity contribution < 1.29 is 34.0 Å². The van der Waals surface area contributed by atoms with Crippen LogP contribution in [0.25, 0.3) is 0 Å². The minimum absolute atomic E-state index is 0. The fourth-order valence-electron chi connectivity index (χ4n) is 2.25. The second kappa shape index (κ2) is 3.14. The molecule has 0 N–H and O–H groups in total. The van der Waals surface area contributed by atoms with Crippen LogP contribution in [0.15, 0.2) is 0 Å². The van der Waals surface area contributed by atoms with Gasteiger partial charge in [-0.3, -0.25) is 0 Å². The largest absolute Gasteiger partial charge is 1.00 e. The van der Waals surface area contributed by atoms with Crippen LogP contribution in [0.3, 0.4) is 0 Å². The second-order valence-corrected chi connectivity index (χ2v) is 4.02. The Labute approximate surface area is 85.7 Å². The van der Waals surface area contributed by atoms with Crippen LogP contribution < -0.4 is 29.6 Å². The van der Waals surface area contributed by atoms with Gasteiger partial charge in [-0.25, -0.2) is 0 Å². The fraction of sp³-hybridized carbons (Fsp3) is 1.00. The molecule has 3 heterocycles. The molecule has 0 saturated carbocycles. The molecule has 1 nitrogen and oxygen atoms in total. The normalized spacial score (nSPS) is 44.7. The molecule has 3 fully saturated rings. The van der Waals surface area contributed by atoms with E-state index in [1.54, 1.807) is 0 Å². The van der Waals surface area contributed by atoms with Crippen molar-refractivity contribution in [2.24, 2.45) is 5.92 Å². The Bertz CT molecular complexity index is 103. The van der Waals surface area contributed by atoms with Crippen LogP contribution in [0.5, 0.6) is 0 Å². The van der Waals surface area contributed by atoms with Crippen LogP contribution in [-0.2, 0) is 0 Å². The summed E-state index contributed by atoms with van der Waals surface area (Å²) in [5.41, 5.74) is 0. The molecule has 0 aromatic rings. The summed E-state index contributed by atoms with van der Waals surface area (Å²) >= 11 is 0. The Kier molecular flexibility index (Phi) is 2.84. The average Bonchev–Trinajstić information content (AvgIpc) is 1.90. The van der Waals surface area contributed by atoms with Crippen molar-refractivity contribution in [3.63, 3.8) is 0 Å². The van der Waals surface area contributed by atoms with Gasteiger partial charge in [0, 0.05) is 0 Å². The number of quaternary nitrogens is 1. The number of fused-ring (bicyclic) bond motifs is 3. The third kappa shape index (κ3) is 1.58. The monoisotopic (exact) mass is 149 g/mol. The summed E-state index contributed by atoms with van der Waals surface area (Å²) in [6.45, 7) is 4.39. The second-order valence-electron chi connectivity index (χ2n) is 4.02. The SMILES string of the molecule is C[N+]12CCC(CC1)CC2.[Na+]. The number of hydrogen-bond acceptors (Lipinski definition) is 0. The minimum Gasteiger partial charge on any atom is -0.326 e. The number of piperidine rings is 3. The van der Waals surface area contributed by atoms with Gasteiger partial charge in [0.2, 0.25) is 0 Å². The van der Waals surface area contributed by atoms with Gasteiger partial charge < -0.3 is 4.48 Å². The maximum atomic E-state index is 2.41. The topological polar surface area (TPSA) is 0 Å². The van der Waals surface area contributed by atoms with Gasteiger partial charge >= 0.3 is 29.6 Å². The summed E-state index contributed by atoms with van der Waals surface area (Å²) in [7, 11) is 2.41. The van der Waals surface area contributed by atoms with Crippen molar-refractivity contribution in [3.05, 3.63) is 0 Å². The Morgan fingerprint density at radius 1 is 1.00 bits per heavy atom. The first-order chi connectivity index (χ1) is 4.29. The van der Waals surface area contributed by atoms with E-state index >= 15 is 0 Å². The zero-order valence-electron chi connectivity index (χ0n) is 7.27. The molecule has 0 aliphatic carbocycles. The molecule has 3 aliphatic rings. The molecule has 2 heteroatoms. The van der Waals surface area contributed by atoms with E-state index in [-0.39, 0.29) is 29.6 Å². The summed E-state index contributed by atoms with van der Waals surface area (Å²) < 4.78 is 1.39. The van der Waals surface area contributed by atoms with Crippen LogP contribution in [0.2, 0.25) is 0 Å². The summed E-state index contributed by atoms with van der Waals surface area (Å²) in [5, 5.41) is 0. The van der Waals surface area contributed by atoms with Gasteiger partial charge in [0.1, 0.15) is 0 Å². The fourth-order valence-corrected chi connectivity index (χ4v) is 2.25. The number of hydrogen-bond donors (Lipinski definition) is 0.